The molecular weight excluding hydrogens is 262 g/mol. The Morgan fingerprint density at radius 3 is 2.76 bits per heavy atom. The lowest BCUT2D eigenvalue weighted by molar-refractivity contribution is -0.124. The first-order chi connectivity index (χ1) is 9.86. The first-order valence-corrected chi connectivity index (χ1v) is 7.92. The number of hydrogen-bond acceptors (Lipinski definition) is 2. The molecule has 2 N–H and O–H groups in total. The first kappa shape index (κ1) is 16.0. The van der Waals surface area contributed by atoms with Crippen molar-refractivity contribution >= 4 is 5.91 Å². The molecule has 116 valence electrons. The van der Waals surface area contributed by atoms with Crippen LogP contribution in [0.4, 0.5) is 0 Å². The van der Waals surface area contributed by atoms with E-state index >= 15 is 0 Å². The zero-order valence-electron chi connectivity index (χ0n) is 13.5. The summed E-state index contributed by atoms with van der Waals surface area (Å²) in [5.41, 5.74) is 1.70. The molecule has 0 spiro atoms. The van der Waals surface area contributed by atoms with Crippen LogP contribution in [0.3, 0.4) is 0 Å². The molecule has 0 saturated heterocycles. The van der Waals surface area contributed by atoms with Crippen molar-refractivity contribution in [3.63, 3.8) is 0 Å². The van der Waals surface area contributed by atoms with Crippen LogP contribution in [0.1, 0.15) is 50.7 Å². The first-order valence-electron chi connectivity index (χ1n) is 7.92. The summed E-state index contributed by atoms with van der Waals surface area (Å²) in [6.07, 6.45) is 1.82. The van der Waals surface area contributed by atoms with E-state index in [9.17, 15) is 9.90 Å². The second kappa shape index (κ2) is 6.18. The van der Waals surface area contributed by atoms with Crippen molar-refractivity contribution < 1.29 is 9.90 Å². The average Bonchev–Trinajstić information content (AvgIpc) is 3.24. The third-order valence-corrected chi connectivity index (χ3v) is 5.01. The van der Waals surface area contributed by atoms with Gasteiger partial charge in [-0.05, 0) is 43.2 Å². The van der Waals surface area contributed by atoms with Crippen molar-refractivity contribution in [1.29, 1.82) is 0 Å². The van der Waals surface area contributed by atoms with Gasteiger partial charge in [0, 0.05) is 12.5 Å². The molecule has 3 nitrogen and oxygen atoms in total. The van der Waals surface area contributed by atoms with Gasteiger partial charge < -0.3 is 10.4 Å². The maximum atomic E-state index is 12.2. The summed E-state index contributed by atoms with van der Waals surface area (Å²) < 4.78 is 0. The van der Waals surface area contributed by atoms with Gasteiger partial charge in [0.25, 0.3) is 0 Å². The van der Waals surface area contributed by atoms with Crippen molar-refractivity contribution in [3.8, 4) is 0 Å². The summed E-state index contributed by atoms with van der Waals surface area (Å²) in [6.45, 7) is 8.29. The topological polar surface area (TPSA) is 49.3 Å². The lowest BCUT2D eigenvalue weighted by Crippen LogP contribution is -2.45. The van der Waals surface area contributed by atoms with Crippen LogP contribution in [0.2, 0.25) is 0 Å². The fourth-order valence-corrected chi connectivity index (χ4v) is 2.84. The van der Waals surface area contributed by atoms with Crippen LogP contribution >= 0.6 is 0 Å². The van der Waals surface area contributed by atoms with Gasteiger partial charge in [0.05, 0.1) is 5.60 Å². The van der Waals surface area contributed by atoms with Crippen LogP contribution in [0.15, 0.2) is 24.3 Å². The molecule has 21 heavy (non-hydrogen) atoms. The average molecular weight is 289 g/mol. The molecule has 4 atom stereocenters. The number of nitrogens with one attached hydrogen (secondary N) is 1. The Bertz CT molecular complexity index is 510. The normalized spacial score (nSPS) is 25.0. The zero-order chi connectivity index (χ0) is 15.6. The minimum atomic E-state index is -0.836. The highest BCUT2D eigenvalue weighted by Gasteiger charge is 2.44. The second-order valence-electron chi connectivity index (χ2n) is 6.69. The van der Waals surface area contributed by atoms with Gasteiger partial charge in [-0.15, -0.1) is 0 Å². The highest BCUT2D eigenvalue weighted by Crippen LogP contribution is 2.48. The number of benzene rings is 1. The maximum Gasteiger partial charge on any atom is 0.223 e. The number of amides is 1. The van der Waals surface area contributed by atoms with Gasteiger partial charge in [0.1, 0.15) is 0 Å². The highest BCUT2D eigenvalue weighted by molar-refractivity contribution is 5.83. The minimum absolute atomic E-state index is 0.0684. The van der Waals surface area contributed by atoms with Crippen LogP contribution < -0.4 is 5.32 Å². The Kier molecular flexibility index (Phi) is 4.72. The molecular formula is C18H27NO2. The summed E-state index contributed by atoms with van der Waals surface area (Å²) in [5.74, 6) is 0.662. The van der Waals surface area contributed by atoms with E-state index in [2.05, 4.69) is 31.3 Å². The van der Waals surface area contributed by atoms with Gasteiger partial charge in [-0.25, -0.2) is 0 Å². The summed E-state index contributed by atoms with van der Waals surface area (Å²) >= 11 is 0. The largest absolute Gasteiger partial charge is 0.388 e. The molecule has 0 bridgehead atoms. The fraction of sp³-hybridized carbons (Fsp3) is 0.611. The zero-order valence-corrected chi connectivity index (χ0v) is 13.5. The molecule has 0 aliphatic heterocycles. The number of aliphatic hydroxyl groups is 1. The summed E-state index contributed by atoms with van der Waals surface area (Å²) in [6, 6.07) is 8.27. The van der Waals surface area contributed by atoms with Crippen LogP contribution in [-0.2, 0) is 4.79 Å². The molecule has 0 heterocycles. The van der Waals surface area contributed by atoms with Crippen molar-refractivity contribution in [2.75, 3.05) is 6.54 Å². The van der Waals surface area contributed by atoms with Gasteiger partial charge in [0.2, 0.25) is 5.91 Å². The van der Waals surface area contributed by atoms with Crippen LogP contribution in [0.25, 0.3) is 0 Å². The number of carbonyl (C=O) groups excluding carboxylic acids is 1. The van der Waals surface area contributed by atoms with Crippen molar-refractivity contribution in [3.05, 3.63) is 35.4 Å². The van der Waals surface area contributed by atoms with Gasteiger partial charge in [0.15, 0.2) is 0 Å². The van der Waals surface area contributed by atoms with Crippen LogP contribution in [0.5, 0.6) is 0 Å². The predicted molar refractivity (Wildman–Crippen MR) is 85.1 cm³/mol. The number of rotatable bonds is 6. The standard InChI is InChI=1S/C18H27NO2/c1-5-13(3)18(4,21)11-19-17(20)16-10-15(16)14-9-7-6-8-12(14)2/h6-9,13,15-16,21H,5,10-11H2,1-4H3,(H,19,20). The highest BCUT2D eigenvalue weighted by atomic mass is 16.3. The van der Waals surface area contributed by atoms with E-state index in [0.717, 1.165) is 12.8 Å². The SMILES string of the molecule is CCC(C)C(C)(O)CNC(=O)C1CC1c1ccccc1C. The van der Waals surface area contributed by atoms with Gasteiger partial charge >= 0.3 is 0 Å². The van der Waals surface area contributed by atoms with E-state index in [-0.39, 0.29) is 17.7 Å². The van der Waals surface area contributed by atoms with Gasteiger partial charge in [-0.1, -0.05) is 44.5 Å². The molecule has 1 aliphatic carbocycles. The second-order valence-corrected chi connectivity index (χ2v) is 6.69. The minimum Gasteiger partial charge on any atom is -0.388 e. The molecule has 1 saturated carbocycles. The molecule has 1 aliphatic rings. The number of aryl methyl sites for hydroxylation is 1. The molecule has 1 fully saturated rings. The lowest BCUT2D eigenvalue weighted by Gasteiger charge is -2.29. The van der Waals surface area contributed by atoms with Crippen molar-refractivity contribution in [2.24, 2.45) is 11.8 Å². The van der Waals surface area contributed by atoms with E-state index in [4.69, 9.17) is 0 Å². The van der Waals surface area contributed by atoms with Gasteiger partial charge in [-0.3, -0.25) is 4.79 Å². The summed E-state index contributed by atoms with van der Waals surface area (Å²) in [4.78, 5) is 12.2. The van der Waals surface area contributed by atoms with E-state index in [1.54, 1.807) is 6.92 Å². The van der Waals surface area contributed by atoms with E-state index < -0.39 is 5.60 Å². The predicted octanol–water partition coefficient (Wildman–Crippen LogP) is 3.01. The molecule has 1 aromatic rings. The van der Waals surface area contributed by atoms with E-state index in [1.807, 2.05) is 19.1 Å². The Morgan fingerprint density at radius 1 is 1.48 bits per heavy atom. The Morgan fingerprint density at radius 2 is 2.14 bits per heavy atom. The quantitative estimate of drug-likeness (QED) is 0.846. The Balaban J connectivity index is 1.88. The molecule has 1 amide bonds. The van der Waals surface area contributed by atoms with Crippen molar-refractivity contribution in [2.45, 2.75) is 52.1 Å². The molecule has 2 rings (SSSR count). The molecule has 0 aromatic heterocycles. The summed E-state index contributed by atoms with van der Waals surface area (Å²) in [5, 5.41) is 13.3. The van der Waals surface area contributed by atoms with Gasteiger partial charge in [-0.2, -0.15) is 0 Å². The molecule has 4 unspecified atom stereocenters. The smallest absolute Gasteiger partial charge is 0.223 e. The van der Waals surface area contributed by atoms with E-state index in [1.165, 1.54) is 11.1 Å². The van der Waals surface area contributed by atoms with Crippen LogP contribution in [-0.4, -0.2) is 23.2 Å². The molecule has 0 radical (unpaired) electrons. The Labute approximate surface area is 127 Å². The monoisotopic (exact) mass is 289 g/mol. The summed E-state index contributed by atoms with van der Waals surface area (Å²) in [7, 11) is 0. The van der Waals surface area contributed by atoms with E-state index in [0.29, 0.717) is 12.5 Å². The number of hydrogen-bond donors (Lipinski definition) is 2. The third-order valence-electron chi connectivity index (χ3n) is 5.01. The van der Waals surface area contributed by atoms with Crippen LogP contribution in [0, 0.1) is 18.8 Å². The fourth-order valence-electron chi connectivity index (χ4n) is 2.84. The van der Waals surface area contributed by atoms with Crippen molar-refractivity contribution in [1.82, 2.24) is 5.32 Å². The lowest BCUT2D eigenvalue weighted by atomic mass is 9.88. The number of carbonyl (C=O) groups is 1. The maximum absolute atomic E-state index is 12.2. The Hall–Kier alpha value is -1.35. The third kappa shape index (κ3) is 3.65. The molecule has 3 heteroatoms. The molecule has 1 aromatic carbocycles.